The largest absolute Gasteiger partial charge is 0.379 e. The zero-order chi connectivity index (χ0) is 15.6. The number of hydrogen-bond acceptors (Lipinski definition) is 4. The van der Waals surface area contributed by atoms with Gasteiger partial charge in [0.15, 0.2) is 0 Å². The van der Waals surface area contributed by atoms with Gasteiger partial charge in [-0.1, -0.05) is 23.7 Å². The highest BCUT2D eigenvalue weighted by atomic mass is 35.5. The fourth-order valence-corrected chi connectivity index (χ4v) is 4.83. The molecule has 2 fully saturated rings. The van der Waals surface area contributed by atoms with Crippen LogP contribution in [0, 0.1) is 0 Å². The Kier molecular flexibility index (Phi) is 4.75. The van der Waals surface area contributed by atoms with Gasteiger partial charge in [0.2, 0.25) is 10.0 Å². The maximum absolute atomic E-state index is 12.5. The minimum absolute atomic E-state index is 0.0574. The summed E-state index contributed by atoms with van der Waals surface area (Å²) in [5.74, 6) is 0. The molecule has 1 N–H and O–H groups in total. The number of morpholine rings is 1. The molecule has 0 spiro atoms. The molecule has 0 unspecified atom stereocenters. The van der Waals surface area contributed by atoms with Crippen LogP contribution >= 0.6 is 11.6 Å². The molecule has 0 atom stereocenters. The third-order valence-corrected chi connectivity index (χ3v) is 6.58. The van der Waals surface area contributed by atoms with E-state index < -0.39 is 10.0 Å². The number of hydrogen-bond donors (Lipinski definition) is 1. The fourth-order valence-electron chi connectivity index (χ4n) is 3.20. The van der Waals surface area contributed by atoms with E-state index in [1.54, 1.807) is 18.2 Å². The fraction of sp³-hybridized carbons (Fsp3) is 0.600. The average Bonchev–Trinajstić information content (AvgIpc) is 2.47. The molecule has 22 heavy (non-hydrogen) atoms. The predicted octanol–water partition coefficient (Wildman–Crippen LogP) is 1.87. The highest BCUT2D eigenvalue weighted by molar-refractivity contribution is 7.89. The van der Waals surface area contributed by atoms with Gasteiger partial charge in [0.1, 0.15) is 4.90 Å². The molecule has 1 aliphatic heterocycles. The summed E-state index contributed by atoms with van der Waals surface area (Å²) in [6, 6.07) is 6.54. The first-order chi connectivity index (χ1) is 10.5. The molecule has 1 aromatic rings. The first-order valence-electron chi connectivity index (χ1n) is 7.61. The highest BCUT2D eigenvalue weighted by Crippen LogP contribution is 2.38. The Bertz CT molecular complexity index is 625. The number of nitrogens with one attached hydrogen (secondary N) is 1. The molecule has 0 radical (unpaired) electrons. The molecular weight excluding hydrogens is 324 g/mol. The Balaban J connectivity index is 1.71. The summed E-state index contributed by atoms with van der Waals surface area (Å²) in [5, 5.41) is 0.254. The molecule has 1 heterocycles. The average molecular weight is 345 g/mol. The molecule has 1 aliphatic carbocycles. The summed E-state index contributed by atoms with van der Waals surface area (Å²) in [7, 11) is -3.58. The monoisotopic (exact) mass is 344 g/mol. The Morgan fingerprint density at radius 3 is 2.50 bits per heavy atom. The van der Waals surface area contributed by atoms with Crippen LogP contribution in [-0.2, 0) is 14.8 Å². The molecule has 1 saturated heterocycles. The minimum Gasteiger partial charge on any atom is -0.379 e. The summed E-state index contributed by atoms with van der Waals surface area (Å²) in [6.45, 7) is 3.61. The first-order valence-corrected chi connectivity index (χ1v) is 9.47. The van der Waals surface area contributed by atoms with Gasteiger partial charge >= 0.3 is 0 Å². The van der Waals surface area contributed by atoms with Crippen molar-refractivity contribution in [2.45, 2.75) is 29.7 Å². The van der Waals surface area contributed by atoms with Crippen molar-refractivity contribution in [1.29, 1.82) is 0 Å². The standard InChI is InChI=1S/C15H21ClN2O3S/c16-13-4-1-2-5-14(13)22(19,20)17-12-15(6-3-7-15)18-8-10-21-11-9-18/h1-2,4-5,17H,3,6-12H2. The third kappa shape index (κ3) is 3.16. The number of rotatable bonds is 5. The van der Waals surface area contributed by atoms with Crippen molar-refractivity contribution in [3.63, 3.8) is 0 Å². The smallest absolute Gasteiger partial charge is 0.242 e. The molecule has 0 bridgehead atoms. The molecule has 0 aromatic heterocycles. The van der Waals surface area contributed by atoms with Crippen molar-refractivity contribution in [3.05, 3.63) is 29.3 Å². The van der Waals surface area contributed by atoms with Crippen molar-refractivity contribution in [2.75, 3.05) is 32.8 Å². The van der Waals surface area contributed by atoms with Crippen molar-refractivity contribution in [2.24, 2.45) is 0 Å². The number of halogens is 1. The lowest BCUT2D eigenvalue weighted by Crippen LogP contribution is -2.62. The molecule has 5 nitrogen and oxygen atoms in total. The molecule has 122 valence electrons. The van der Waals surface area contributed by atoms with Gasteiger partial charge in [0.05, 0.1) is 18.2 Å². The van der Waals surface area contributed by atoms with E-state index in [0.29, 0.717) is 6.54 Å². The molecular formula is C15H21ClN2O3S. The lowest BCUT2D eigenvalue weighted by molar-refractivity contribution is -0.0527. The Hall–Kier alpha value is -0.660. The molecule has 2 aliphatic rings. The van der Waals surface area contributed by atoms with Gasteiger partial charge in [0, 0.05) is 25.2 Å². The summed E-state index contributed by atoms with van der Waals surface area (Å²) >= 11 is 6.01. The van der Waals surface area contributed by atoms with Crippen molar-refractivity contribution >= 4 is 21.6 Å². The van der Waals surface area contributed by atoms with Crippen LogP contribution in [0.2, 0.25) is 5.02 Å². The second kappa shape index (κ2) is 6.45. The zero-order valence-electron chi connectivity index (χ0n) is 12.4. The summed E-state index contributed by atoms with van der Waals surface area (Å²) in [6.07, 6.45) is 3.20. The Morgan fingerprint density at radius 2 is 1.91 bits per heavy atom. The molecule has 1 saturated carbocycles. The quantitative estimate of drug-likeness (QED) is 0.886. The van der Waals surface area contributed by atoms with Crippen molar-refractivity contribution in [3.8, 4) is 0 Å². The second-order valence-corrected chi connectivity index (χ2v) is 8.07. The number of sulfonamides is 1. The van der Waals surface area contributed by atoms with Crippen LogP contribution in [0.15, 0.2) is 29.2 Å². The van der Waals surface area contributed by atoms with Gasteiger partial charge in [-0.25, -0.2) is 13.1 Å². The zero-order valence-corrected chi connectivity index (χ0v) is 14.0. The van der Waals surface area contributed by atoms with Gasteiger partial charge in [0.25, 0.3) is 0 Å². The third-order valence-electron chi connectivity index (χ3n) is 4.68. The van der Waals surface area contributed by atoms with Crippen molar-refractivity contribution < 1.29 is 13.2 Å². The van der Waals surface area contributed by atoms with Crippen LogP contribution in [0.4, 0.5) is 0 Å². The lowest BCUT2D eigenvalue weighted by Gasteiger charge is -2.51. The topological polar surface area (TPSA) is 58.6 Å². The number of ether oxygens (including phenoxy) is 1. The van der Waals surface area contributed by atoms with Crippen molar-refractivity contribution in [1.82, 2.24) is 9.62 Å². The van der Waals surface area contributed by atoms with Gasteiger partial charge < -0.3 is 4.74 Å². The van der Waals surface area contributed by atoms with Crippen LogP contribution in [0.3, 0.4) is 0 Å². The van der Waals surface area contributed by atoms with E-state index in [1.165, 1.54) is 6.07 Å². The summed E-state index contributed by atoms with van der Waals surface area (Å²) < 4.78 is 33.1. The van der Waals surface area contributed by atoms with Crippen LogP contribution in [0.25, 0.3) is 0 Å². The normalized spacial score (nSPS) is 22.2. The van der Waals surface area contributed by atoms with Gasteiger partial charge in [-0.15, -0.1) is 0 Å². The number of nitrogens with zero attached hydrogens (tertiary/aromatic N) is 1. The van der Waals surface area contributed by atoms with Crippen LogP contribution < -0.4 is 4.72 Å². The summed E-state index contributed by atoms with van der Waals surface area (Å²) in [4.78, 5) is 2.52. The van der Waals surface area contributed by atoms with Gasteiger partial charge in [-0.3, -0.25) is 4.90 Å². The maximum atomic E-state index is 12.5. The Morgan fingerprint density at radius 1 is 1.23 bits per heavy atom. The SMILES string of the molecule is O=S(=O)(NCC1(N2CCOCC2)CCC1)c1ccccc1Cl. The number of benzene rings is 1. The predicted molar refractivity (Wildman–Crippen MR) is 85.6 cm³/mol. The first kappa shape index (κ1) is 16.2. The molecule has 7 heteroatoms. The maximum Gasteiger partial charge on any atom is 0.242 e. The van der Waals surface area contributed by atoms with E-state index in [0.717, 1.165) is 45.6 Å². The van der Waals surface area contributed by atoms with Crippen LogP contribution in [0.1, 0.15) is 19.3 Å². The van der Waals surface area contributed by atoms with Crippen LogP contribution in [-0.4, -0.2) is 51.7 Å². The van der Waals surface area contributed by atoms with Gasteiger partial charge in [-0.2, -0.15) is 0 Å². The molecule has 3 rings (SSSR count). The van der Waals surface area contributed by atoms with Gasteiger partial charge in [-0.05, 0) is 31.4 Å². The second-order valence-electron chi connectivity index (χ2n) is 5.93. The van der Waals surface area contributed by atoms with E-state index >= 15 is 0 Å². The van der Waals surface area contributed by atoms with E-state index in [9.17, 15) is 8.42 Å². The molecule has 1 aromatic carbocycles. The van der Waals surface area contributed by atoms with E-state index in [-0.39, 0.29) is 15.5 Å². The van der Waals surface area contributed by atoms with E-state index in [4.69, 9.17) is 16.3 Å². The Labute approximate surface area is 136 Å². The lowest BCUT2D eigenvalue weighted by atomic mass is 9.75. The minimum atomic E-state index is -3.58. The van der Waals surface area contributed by atoms with Crippen LogP contribution in [0.5, 0.6) is 0 Å². The molecule has 0 amide bonds. The van der Waals surface area contributed by atoms with E-state index in [1.807, 2.05) is 0 Å². The highest BCUT2D eigenvalue weighted by Gasteiger charge is 2.43. The van der Waals surface area contributed by atoms with E-state index in [2.05, 4.69) is 9.62 Å². The summed E-state index contributed by atoms with van der Waals surface area (Å²) in [5.41, 5.74) is -0.0574.